The molecule has 162 valence electrons. The molecule has 3 saturated heterocycles. The van der Waals surface area contributed by atoms with Crippen LogP contribution < -0.4 is 0 Å². The Morgan fingerprint density at radius 2 is 1.93 bits per heavy atom. The summed E-state index contributed by atoms with van der Waals surface area (Å²) in [7, 11) is 0. The molecule has 0 aromatic heterocycles. The summed E-state index contributed by atoms with van der Waals surface area (Å²) in [6.07, 6.45) is -1.58. The van der Waals surface area contributed by atoms with E-state index in [2.05, 4.69) is 6.58 Å². The van der Waals surface area contributed by atoms with E-state index in [1.54, 1.807) is 27.7 Å². The molecule has 0 aliphatic carbocycles. The number of fused-ring (bicyclic) bond motifs is 3. The first kappa shape index (κ1) is 21.8. The van der Waals surface area contributed by atoms with Crippen molar-refractivity contribution < 1.29 is 38.4 Å². The first-order valence-electron chi connectivity index (χ1n) is 10.1. The minimum atomic E-state index is -1.56. The smallest absolute Gasteiger partial charge is 0.334 e. The van der Waals surface area contributed by atoms with Crippen molar-refractivity contribution in [2.24, 2.45) is 17.8 Å². The van der Waals surface area contributed by atoms with Gasteiger partial charge in [0.05, 0.1) is 11.8 Å². The van der Waals surface area contributed by atoms with E-state index in [1.807, 2.05) is 0 Å². The molecule has 7 atom stereocenters. The zero-order valence-corrected chi connectivity index (χ0v) is 17.6. The highest BCUT2D eigenvalue weighted by atomic mass is 16.7. The Morgan fingerprint density at radius 3 is 2.52 bits per heavy atom. The van der Waals surface area contributed by atoms with Crippen LogP contribution >= 0.6 is 0 Å². The number of carbonyl (C=O) groups excluding carboxylic acids is 3. The lowest BCUT2D eigenvalue weighted by molar-refractivity contribution is -0.253. The van der Waals surface area contributed by atoms with Crippen molar-refractivity contribution in [1.29, 1.82) is 0 Å². The quantitative estimate of drug-likeness (QED) is 0.427. The van der Waals surface area contributed by atoms with Crippen molar-refractivity contribution in [2.45, 2.75) is 83.6 Å². The zero-order chi connectivity index (χ0) is 21.7. The van der Waals surface area contributed by atoms with Gasteiger partial charge in [-0.05, 0) is 13.3 Å². The summed E-state index contributed by atoms with van der Waals surface area (Å²) in [6.45, 7) is 12.1. The topological polar surface area (TPSA) is 108 Å². The van der Waals surface area contributed by atoms with Gasteiger partial charge >= 0.3 is 17.9 Å². The van der Waals surface area contributed by atoms with Gasteiger partial charge in [0.2, 0.25) is 0 Å². The molecule has 3 fully saturated rings. The number of rotatable bonds is 3. The Kier molecular flexibility index (Phi) is 5.55. The fourth-order valence-electron chi connectivity index (χ4n) is 4.60. The monoisotopic (exact) mass is 410 g/mol. The first-order chi connectivity index (χ1) is 13.4. The molecule has 3 aliphatic heterocycles. The molecule has 0 aromatic carbocycles. The van der Waals surface area contributed by atoms with Gasteiger partial charge in [0.15, 0.2) is 5.79 Å². The van der Waals surface area contributed by atoms with Gasteiger partial charge in [0.25, 0.3) is 0 Å². The molecule has 8 heteroatoms. The average molecular weight is 410 g/mol. The van der Waals surface area contributed by atoms with Crippen LogP contribution in [0.1, 0.15) is 53.9 Å². The van der Waals surface area contributed by atoms with E-state index >= 15 is 0 Å². The van der Waals surface area contributed by atoms with Crippen molar-refractivity contribution in [3.05, 3.63) is 12.2 Å². The van der Waals surface area contributed by atoms with E-state index in [0.29, 0.717) is 6.42 Å². The summed E-state index contributed by atoms with van der Waals surface area (Å²) < 4.78 is 22.9. The molecule has 0 radical (unpaired) electrons. The van der Waals surface area contributed by atoms with Gasteiger partial charge < -0.3 is 24.1 Å². The van der Waals surface area contributed by atoms with Crippen molar-refractivity contribution >= 4 is 17.9 Å². The lowest BCUT2D eigenvalue weighted by Crippen LogP contribution is -2.46. The highest BCUT2D eigenvalue weighted by Gasteiger charge is 2.61. The normalized spacial score (nSPS) is 41.8. The summed E-state index contributed by atoms with van der Waals surface area (Å²) in [4.78, 5) is 36.3. The summed E-state index contributed by atoms with van der Waals surface area (Å²) in [5.74, 6) is -4.36. The molecule has 0 saturated carbocycles. The van der Waals surface area contributed by atoms with Gasteiger partial charge in [-0.3, -0.25) is 9.59 Å². The van der Waals surface area contributed by atoms with E-state index in [1.165, 1.54) is 6.92 Å². The SMILES string of the molecule is C=C1C(=O)OC2CC(C)[C@]3(O)CC(OC(C)=O)[C@](C)(CC(OC(=O)C(C)C)C12)O3. The molecule has 5 unspecified atom stereocenters. The maximum absolute atomic E-state index is 12.4. The standard InChI is InChI=1S/C21H30O8/c1-10(2)18(23)28-15-8-20(6)16(26-13(5)22)9-21(25,29-20)11(3)7-14-17(15)12(4)19(24)27-14/h10-11,14-17,25H,4,7-9H2,1-3,5-6H3/t11?,14?,15?,16?,17?,20-,21-/m0/s1. The highest BCUT2D eigenvalue weighted by molar-refractivity contribution is 5.91. The summed E-state index contributed by atoms with van der Waals surface area (Å²) in [5, 5.41) is 11.2. The molecule has 1 N–H and O–H groups in total. The van der Waals surface area contributed by atoms with Crippen molar-refractivity contribution in [3.63, 3.8) is 0 Å². The van der Waals surface area contributed by atoms with Gasteiger partial charge in [-0.2, -0.15) is 0 Å². The van der Waals surface area contributed by atoms with Gasteiger partial charge in [0, 0.05) is 31.3 Å². The first-order valence-corrected chi connectivity index (χ1v) is 10.1. The second-order valence-electron chi connectivity index (χ2n) is 9.03. The number of hydrogen-bond acceptors (Lipinski definition) is 8. The largest absolute Gasteiger partial charge is 0.461 e. The molecule has 8 nitrogen and oxygen atoms in total. The molecule has 29 heavy (non-hydrogen) atoms. The van der Waals surface area contributed by atoms with Crippen molar-refractivity contribution in [3.8, 4) is 0 Å². The third-order valence-corrected chi connectivity index (χ3v) is 6.30. The van der Waals surface area contributed by atoms with Crippen molar-refractivity contribution in [1.82, 2.24) is 0 Å². The maximum Gasteiger partial charge on any atom is 0.334 e. The Labute approximate surface area is 170 Å². The average Bonchev–Trinajstić information content (AvgIpc) is 3.00. The third kappa shape index (κ3) is 3.92. The number of aliphatic hydroxyl groups is 1. The van der Waals surface area contributed by atoms with Gasteiger partial charge in [0.1, 0.15) is 23.9 Å². The van der Waals surface area contributed by atoms with Gasteiger partial charge in [-0.1, -0.05) is 27.4 Å². The lowest BCUT2D eigenvalue weighted by atomic mass is 9.77. The molecule has 3 aliphatic rings. The summed E-state index contributed by atoms with van der Waals surface area (Å²) in [5.41, 5.74) is -0.876. The third-order valence-electron chi connectivity index (χ3n) is 6.30. The minimum Gasteiger partial charge on any atom is -0.461 e. The predicted octanol–water partition coefficient (Wildman–Crippen LogP) is 1.88. The molecular formula is C21H30O8. The second kappa shape index (κ2) is 7.40. The summed E-state index contributed by atoms with van der Waals surface area (Å²) >= 11 is 0. The molecule has 0 amide bonds. The van der Waals surface area contributed by atoms with Crippen LogP contribution in [0.25, 0.3) is 0 Å². The van der Waals surface area contributed by atoms with Gasteiger partial charge in [-0.25, -0.2) is 4.79 Å². The van der Waals surface area contributed by atoms with E-state index in [-0.39, 0.29) is 24.3 Å². The van der Waals surface area contributed by atoms with E-state index in [9.17, 15) is 19.5 Å². The lowest BCUT2D eigenvalue weighted by Gasteiger charge is -2.35. The molecule has 3 rings (SSSR count). The van der Waals surface area contributed by atoms with Crippen LogP contribution in [0, 0.1) is 17.8 Å². The van der Waals surface area contributed by atoms with E-state index in [4.69, 9.17) is 18.9 Å². The molecule has 3 heterocycles. The zero-order valence-electron chi connectivity index (χ0n) is 17.6. The number of esters is 3. The molecular weight excluding hydrogens is 380 g/mol. The van der Waals surface area contributed by atoms with Crippen LogP contribution in [0.4, 0.5) is 0 Å². The Hall–Kier alpha value is -1.93. The number of ether oxygens (including phenoxy) is 4. The van der Waals surface area contributed by atoms with Crippen LogP contribution in [0.5, 0.6) is 0 Å². The number of carbonyl (C=O) groups is 3. The van der Waals surface area contributed by atoms with Crippen molar-refractivity contribution in [2.75, 3.05) is 0 Å². The minimum absolute atomic E-state index is 0.0847. The van der Waals surface area contributed by atoms with Crippen LogP contribution in [-0.2, 0) is 33.3 Å². The van der Waals surface area contributed by atoms with Crippen LogP contribution in [0.15, 0.2) is 12.2 Å². The Morgan fingerprint density at radius 1 is 1.28 bits per heavy atom. The van der Waals surface area contributed by atoms with Crippen LogP contribution in [0.3, 0.4) is 0 Å². The Balaban J connectivity index is 2.03. The van der Waals surface area contributed by atoms with E-state index < -0.39 is 59.4 Å². The maximum atomic E-state index is 12.4. The van der Waals surface area contributed by atoms with E-state index in [0.717, 1.165) is 0 Å². The highest BCUT2D eigenvalue weighted by Crippen LogP contribution is 2.50. The summed E-state index contributed by atoms with van der Waals surface area (Å²) in [6, 6.07) is 0. The fraction of sp³-hybridized carbons (Fsp3) is 0.762. The van der Waals surface area contributed by atoms with Gasteiger partial charge in [-0.15, -0.1) is 0 Å². The molecule has 0 spiro atoms. The number of hydrogen-bond donors (Lipinski definition) is 1. The van der Waals surface area contributed by atoms with Crippen LogP contribution in [0.2, 0.25) is 0 Å². The molecule has 0 aromatic rings. The molecule has 2 bridgehead atoms. The Bertz CT molecular complexity index is 730. The predicted molar refractivity (Wildman–Crippen MR) is 100 cm³/mol. The fourth-order valence-corrected chi connectivity index (χ4v) is 4.60. The van der Waals surface area contributed by atoms with Crippen LogP contribution in [-0.4, -0.2) is 52.7 Å². The second-order valence-corrected chi connectivity index (χ2v) is 9.03.